The Morgan fingerprint density at radius 2 is 2.08 bits per heavy atom. The summed E-state index contributed by atoms with van der Waals surface area (Å²) in [5, 5.41) is 10.3. The van der Waals surface area contributed by atoms with E-state index in [-0.39, 0.29) is 18.1 Å². The number of aryl methyl sites for hydroxylation is 1. The zero-order valence-electron chi connectivity index (χ0n) is 22.9. The number of carbonyl (C=O) groups is 1. The van der Waals surface area contributed by atoms with Gasteiger partial charge < -0.3 is 24.0 Å². The van der Waals surface area contributed by atoms with E-state index in [9.17, 15) is 9.90 Å². The Labute approximate surface area is 220 Å². The van der Waals surface area contributed by atoms with Crippen molar-refractivity contribution in [3.8, 4) is 0 Å². The van der Waals surface area contributed by atoms with Crippen molar-refractivity contribution in [3.63, 3.8) is 0 Å². The third kappa shape index (κ3) is 5.83. The number of ether oxygens (including phenoxy) is 2. The largest absolute Gasteiger partial charge is 0.462 e. The number of methoxy groups -OCH3 is 1. The van der Waals surface area contributed by atoms with Crippen LogP contribution in [0.15, 0.2) is 48.3 Å². The van der Waals surface area contributed by atoms with Crippen LogP contribution in [0, 0.1) is 5.92 Å². The topological polar surface area (TPSA) is 76.8 Å². The van der Waals surface area contributed by atoms with Crippen molar-refractivity contribution in [3.05, 3.63) is 59.7 Å². The van der Waals surface area contributed by atoms with Gasteiger partial charge in [-0.3, -0.25) is 4.79 Å². The minimum Gasteiger partial charge on any atom is -0.462 e. The summed E-state index contributed by atoms with van der Waals surface area (Å²) in [4.78, 5) is 19.8. The lowest BCUT2D eigenvalue weighted by molar-refractivity contribution is -0.161. The van der Waals surface area contributed by atoms with E-state index in [4.69, 9.17) is 14.5 Å². The molecule has 0 radical (unpaired) electrons. The van der Waals surface area contributed by atoms with Gasteiger partial charge in [0.2, 0.25) is 0 Å². The second-order valence-electron chi connectivity index (χ2n) is 10.5. The van der Waals surface area contributed by atoms with Crippen LogP contribution >= 0.6 is 0 Å². The van der Waals surface area contributed by atoms with E-state index in [2.05, 4.69) is 55.5 Å². The number of aromatic nitrogens is 2. The summed E-state index contributed by atoms with van der Waals surface area (Å²) in [6, 6.07) is 6.46. The third-order valence-electron chi connectivity index (χ3n) is 7.76. The van der Waals surface area contributed by atoms with Crippen molar-refractivity contribution in [2.45, 2.75) is 77.5 Å². The molecule has 2 heterocycles. The number of hydrogen-bond donors (Lipinski definition) is 1. The zero-order chi connectivity index (χ0) is 26.7. The lowest BCUT2D eigenvalue weighted by Crippen LogP contribution is -2.33. The standard InChI is InChI=1S/C30H41N3O4/c1-7-24(18-36-6)33-28-14-12-22(11-13-26(21(4)34)30(35)37-25-9-8-10-25)16-27(28)31-29(33)23-15-19(2)20(3)32(5)17-23/h12,14-17,21,24-26,34H,3,7-11,13,18H2,1-2,4-6H3/t21-,24?,26+/m1/s1. The number of aliphatic hydroxyl groups excluding tert-OH is 1. The Bertz CT molecular complexity index is 1200. The van der Waals surface area contributed by atoms with Crippen LogP contribution in [0.5, 0.6) is 0 Å². The highest BCUT2D eigenvalue weighted by Gasteiger charge is 2.30. The maximum Gasteiger partial charge on any atom is 0.311 e. The van der Waals surface area contributed by atoms with E-state index in [1.807, 2.05) is 11.9 Å². The molecule has 7 nitrogen and oxygen atoms in total. The molecule has 1 fully saturated rings. The van der Waals surface area contributed by atoms with E-state index in [1.165, 1.54) is 0 Å². The van der Waals surface area contributed by atoms with Gasteiger partial charge in [-0.2, -0.15) is 0 Å². The van der Waals surface area contributed by atoms with Gasteiger partial charge in [-0.1, -0.05) is 19.6 Å². The summed E-state index contributed by atoms with van der Waals surface area (Å²) < 4.78 is 13.4. The number of fused-ring (bicyclic) bond motifs is 1. The maximum absolute atomic E-state index is 12.7. The van der Waals surface area contributed by atoms with Crippen LogP contribution in [0.4, 0.5) is 0 Å². The van der Waals surface area contributed by atoms with Crippen molar-refractivity contribution >= 4 is 22.6 Å². The first-order valence-corrected chi connectivity index (χ1v) is 13.4. The van der Waals surface area contributed by atoms with Gasteiger partial charge in [0.15, 0.2) is 0 Å². The lowest BCUT2D eigenvalue weighted by atomic mass is 9.93. The SMILES string of the molecule is C=C1C(C)=CC(c2nc3cc(CC[C@H](C(=O)OC4CCC4)[C@@H](C)O)ccc3n2C(CC)COC)=CN1C. The molecule has 200 valence electrons. The molecule has 1 N–H and O–H groups in total. The minimum absolute atomic E-state index is 0.0223. The summed E-state index contributed by atoms with van der Waals surface area (Å²) in [6.45, 7) is 10.7. The fourth-order valence-electron chi connectivity index (χ4n) is 5.10. The number of imidazole rings is 1. The first kappa shape index (κ1) is 27.1. The molecule has 0 spiro atoms. The van der Waals surface area contributed by atoms with Gasteiger partial charge in [0.05, 0.1) is 35.7 Å². The second-order valence-corrected chi connectivity index (χ2v) is 10.5. The van der Waals surface area contributed by atoms with Gasteiger partial charge in [-0.15, -0.1) is 0 Å². The van der Waals surface area contributed by atoms with Crippen LogP contribution in [0.1, 0.15) is 70.3 Å². The predicted molar refractivity (Wildman–Crippen MR) is 147 cm³/mol. The average molecular weight is 508 g/mol. The Hall–Kier alpha value is -2.90. The van der Waals surface area contributed by atoms with E-state index < -0.39 is 12.0 Å². The molecular formula is C30H41N3O4. The first-order valence-electron chi connectivity index (χ1n) is 13.4. The Balaban J connectivity index is 1.64. The number of esters is 1. The fraction of sp³-hybridized carbons (Fsp3) is 0.533. The Morgan fingerprint density at radius 1 is 1.32 bits per heavy atom. The van der Waals surface area contributed by atoms with Crippen LogP contribution in [0.3, 0.4) is 0 Å². The molecule has 3 atom stereocenters. The van der Waals surface area contributed by atoms with Crippen LogP contribution < -0.4 is 0 Å². The molecular weight excluding hydrogens is 466 g/mol. The molecule has 0 saturated heterocycles. The summed E-state index contributed by atoms with van der Waals surface area (Å²) in [7, 11) is 3.74. The number of hydrogen-bond acceptors (Lipinski definition) is 6. The molecule has 1 saturated carbocycles. The first-order chi connectivity index (χ1) is 17.7. The fourth-order valence-corrected chi connectivity index (χ4v) is 5.10. The van der Waals surface area contributed by atoms with Crippen LogP contribution in [0.25, 0.3) is 16.6 Å². The molecule has 7 heteroatoms. The number of rotatable bonds is 11. The maximum atomic E-state index is 12.7. The molecule has 2 aromatic rings. The minimum atomic E-state index is -0.749. The Kier molecular flexibility index (Phi) is 8.55. The predicted octanol–water partition coefficient (Wildman–Crippen LogP) is 5.41. The molecule has 4 rings (SSSR count). The van der Waals surface area contributed by atoms with Crippen LogP contribution in [-0.2, 0) is 20.7 Å². The van der Waals surface area contributed by atoms with Crippen molar-refractivity contribution in [1.82, 2.24) is 14.5 Å². The van der Waals surface area contributed by atoms with E-state index in [0.717, 1.165) is 64.9 Å². The molecule has 0 amide bonds. The molecule has 1 aliphatic carbocycles. The van der Waals surface area contributed by atoms with E-state index in [0.29, 0.717) is 19.4 Å². The smallest absolute Gasteiger partial charge is 0.311 e. The number of carbonyl (C=O) groups excluding carboxylic acids is 1. The Morgan fingerprint density at radius 3 is 2.68 bits per heavy atom. The molecule has 2 aliphatic rings. The van der Waals surface area contributed by atoms with E-state index in [1.54, 1.807) is 14.0 Å². The molecule has 1 aromatic heterocycles. The van der Waals surface area contributed by atoms with Crippen molar-refractivity contribution < 1.29 is 19.4 Å². The van der Waals surface area contributed by atoms with Crippen molar-refractivity contribution in [2.24, 2.45) is 5.92 Å². The normalized spacial score (nSPS) is 18.8. The highest BCUT2D eigenvalue weighted by Crippen LogP contribution is 2.33. The molecule has 37 heavy (non-hydrogen) atoms. The number of nitrogens with zero attached hydrogens (tertiary/aromatic N) is 3. The summed E-state index contributed by atoms with van der Waals surface area (Å²) in [6.07, 6.45) is 8.55. The van der Waals surface area contributed by atoms with Gasteiger partial charge in [0, 0.05) is 31.6 Å². The third-order valence-corrected chi connectivity index (χ3v) is 7.76. The second kappa shape index (κ2) is 11.7. The molecule has 1 aromatic carbocycles. The number of allylic oxidation sites excluding steroid dienone is 3. The number of aliphatic hydroxyl groups is 1. The van der Waals surface area contributed by atoms with Gasteiger partial charge in [0.25, 0.3) is 0 Å². The molecule has 1 aliphatic heterocycles. The monoisotopic (exact) mass is 507 g/mol. The zero-order valence-corrected chi connectivity index (χ0v) is 22.9. The van der Waals surface area contributed by atoms with Crippen molar-refractivity contribution in [1.29, 1.82) is 0 Å². The van der Waals surface area contributed by atoms with Gasteiger partial charge >= 0.3 is 5.97 Å². The van der Waals surface area contributed by atoms with Crippen LogP contribution in [-0.4, -0.2) is 58.5 Å². The number of likely N-dealkylation sites (N-methyl/N-ethyl adjacent to an activating group) is 1. The highest BCUT2D eigenvalue weighted by atomic mass is 16.5. The molecule has 0 bridgehead atoms. The lowest BCUT2D eigenvalue weighted by Gasteiger charge is -2.28. The summed E-state index contributed by atoms with van der Waals surface area (Å²) >= 11 is 0. The van der Waals surface area contributed by atoms with Gasteiger partial charge in [0.1, 0.15) is 11.9 Å². The van der Waals surface area contributed by atoms with Crippen molar-refractivity contribution in [2.75, 3.05) is 20.8 Å². The summed E-state index contributed by atoms with van der Waals surface area (Å²) in [5.41, 5.74) is 6.16. The highest BCUT2D eigenvalue weighted by molar-refractivity contribution is 5.84. The van der Waals surface area contributed by atoms with Crippen LogP contribution in [0.2, 0.25) is 0 Å². The quantitative estimate of drug-likeness (QED) is 0.410. The molecule has 1 unspecified atom stereocenters. The van der Waals surface area contributed by atoms with Gasteiger partial charge in [-0.05, 0) is 81.7 Å². The van der Waals surface area contributed by atoms with E-state index >= 15 is 0 Å². The van der Waals surface area contributed by atoms with Gasteiger partial charge in [-0.25, -0.2) is 4.98 Å². The number of benzene rings is 1. The average Bonchev–Trinajstić information content (AvgIpc) is 3.21. The summed E-state index contributed by atoms with van der Waals surface area (Å²) in [5.74, 6) is 0.0928.